The zero-order valence-electron chi connectivity index (χ0n) is 11.1. The van der Waals surface area contributed by atoms with Gasteiger partial charge in [0, 0.05) is 12.6 Å². The molecule has 0 fully saturated rings. The minimum atomic E-state index is -0.928. The lowest BCUT2D eigenvalue weighted by Crippen LogP contribution is -2.40. The number of carboxylic acids is 1. The molecule has 0 radical (unpaired) electrons. The maximum Gasteiger partial charge on any atom is 0.308 e. The number of carbonyl (C=O) groups is 2. The van der Waals surface area contributed by atoms with Gasteiger partial charge >= 0.3 is 5.97 Å². The van der Waals surface area contributed by atoms with E-state index in [0.29, 0.717) is 12.2 Å². The highest BCUT2D eigenvalue weighted by molar-refractivity contribution is 5.93. The summed E-state index contributed by atoms with van der Waals surface area (Å²) in [5, 5.41) is 15.7. The molecule has 6 nitrogen and oxygen atoms in total. The van der Waals surface area contributed by atoms with Crippen LogP contribution in [0.25, 0.3) is 0 Å². The van der Waals surface area contributed by atoms with Crippen LogP contribution < -0.4 is 5.32 Å². The zero-order chi connectivity index (χ0) is 13.9. The van der Waals surface area contributed by atoms with Crippen LogP contribution in [-0.4, -0.2) is 32.8 Å². The summed E-state index contributed by atoms with van der Waals surface area (Å²) in [6, 6.07) is 1.26. The standard InChI is InChI=1S/C12H19N3O3/c1-5-15-10(6-7(2)14-15)11(16)13-9(4)8(3)12(17)18/h6,8-9H,5H2,1-4H3,(H,13,16)(H,17,18). The molecule has 18 heavy (non-hydrogen) atoms. The van der Waals surface area contributed by atoms with E-state index in [1.54, 1.807) is 24.6 Å². The molecule has 6 heteroatoms. The number of carboxylic acid groups (broad SMARTS) is 1. The topological polar surface area (TPSA) is 84.2 Å². The number of hydrogen-bond donors (Lipinski definition) is 2. The molecule has 0 saturated carbocycles. The van der Waals surface area contributed by atoms with Gasteiger partial charge in [-0.25, -0.2) is 0 Å². The van der Waals surface area contributed by atoms with Gasteiger partial charge in [-0.05, 0) is 33.8 Å². The van der Waals surface area contributed by atoms with Gasteiger partial charge in [0.05, 0.1) is 11.6 Å². The number of hydrogen-bond acceptors (Lipinski definition) is 3. The quantitative estimate of drug-likeness (QED) is 0.821. The third-order valence-electron chi connectivity index (χ3n) is 2.93. The number of aromatic nitrogens is 2. The van der Waals surface area contributed by atoms with Crippen molar-refractivity contribution in [1.29, 1.82) is 0 Å². The van der Waals surface area contributed by atoms with Crippen LogP contribution in [0.1, 0.15) is 37.0 Å². The third kappa shape index (κ3) is 3.09. The summed E-state index contributed by atoms with van der Waals surface area (Å²) in [4.78, 5) is 22.8. The fraction of sp³-hybridized carbons (Fsp3) is 0.583. The van der Waals surface area contributed by atoms with Crippen molar-refractivity contribution < 1.29 is 14.7 Å². The fourth-order valence-electron chi connectivity index (χ4n) is 1.59. The first-order chi connectivity index (χ1) is 8.36. The lowest BCUT2D eigenvalue weighted by atomic mass is 10.0. The molecule has 2 N–H and O–H groups in total. The molecule has 0 spiro atoms. The molecule has 1 heterocycles. The number of carbonyl (C=O) groups excluding carboxylic acids is 1. The molecule has 0 aliphatic heterocycles. The Hall–Kier alpha value is -1.85. The first-order valence-corrected chi connectivity index (χ1v) is 5.95. The molecule has 0 aliphatic carbocycles. The van der Waals surface area contributed by atoms with Gasteiger partial charge in [-0.1, -0.05) is 0 Å². The number of aryl methyl sites for hydroxylation is 2. The van der Waals surface area contributed by atoms with Crippen molar-refractivity contribution in [2.75, 3.05) is 0 Å². The minimum absolute atomic E-state index is 0.293. The average molecular weight is 253 g/mol. The van der Waals surface area contributed by atoms with Gasteiger partial charge < -0.3 is 10.4 Å². The maximum absolute atomic E-state index is 12.0. The first kappa shape index (κ1) is 14.2. The SMILES string of the molecule is CCn1nc(C)cc1C(=O)NC(C)C(C)C(=O)O. The van der Waals surface area contributed by atoms with Crippen LogP contribution in [0.3, 0.4) is 0 Å². The van der Waals surface area contributed by atoms with Gasteiger partial charge in [0.15, 0.2) is 0 Å². The van der Waals surface area contributed by atoms with Crippen LogP contribution in [0, 0.1) is 12.8 Å². The molecule has 0 aliphatic rings. The Bertz CT molecular complexity index is 453. The lowest BCUT2D eigenvalue weighted by molar-refractivity contribution is -0.141. The van der Waals surface area contributed by atoms with Crippen molar-refractivity contribution in [3.05, 3.63) is 17.5 Å². The molecule has 1 amide bonds. The smallest absolute Gasteiger partial charge is 0.308 e. The van der Waals surface area contributed by atoms with Crippen molar-refractivity contribution in [3.8, 4) is 0 Å². The van der Waals surface area contributed by atoms with Crippen LogP contribution in [0.5, 0.6) is 0 Å². The van der Waals surface area contributed by atoms with Crippen LogP contribution in [0.2, 0.25) is 0 Å². The van der Waals surface area contributed by atoms with Crippen molar-refractivity contribution >= 4 is 11.9 Å². The van der Waals surface area contributed by atoms with E-state index in [9.17, 15) is 9.59 Å². The number of nitrogens with zero attached hydrogens (tertiary/aromatic N) is 2. The van der Waals surface area contributed by atoms with Gasteiger partial charge in [-0.3, -0.25) is 14.3 Å². The van der Waals surface area contributed by atoms with Gasteiger partial charge in [0.1, 0.15) is 5.69 Å². The molecule has 1 aromatic heterocycles. The second-order valence-electron chi connectivity index (χ2n) is 4.38. The summed E-state index contributed by atoms with van der Waals surface area (Å²) in [5.74, 6) is -1.85. The predicted octanol–water partition coefficient (Wildman–Crippen LogP) is 1.05. The Morgan fingerprint density at radius 2 is 2.11 bits per heavy atom. The van der Waals surface area contributed by atoms with Gasteiger partial charge in [0.2, 0.25) is 0 Å². The van der Waals surface area contributed by atoms with Crippen molar-refractivity contribution in [2.24, 2.45) is 5.92 Å². The summed E-state index contributed by atoms with van der Waals surface area (Å²) in [6.07, 6.45) is 0. The van der Waals surface area contributed by atoms with Gasteiger partial charge in [-0.15, -0.1) is 0 Å². The molecule has 1 rings (SSSR count). The van der Waals surface area contributed by atoms with E-state index >= 15 is 0 Å². The predicted molar refractivity (Wildman–Crippen MR) is 66.4 cm³/mol. The highest BCUT2D eigenvalue weighted by Crippen LogP contribution is 2.07. The number of rotatable bonds is 5. The molecule has 0 aromatic carbocycles. The molecule has 100 valence electrons. The number of nitrogens with one attached hydrogen (secondary N) is 1. The van der Waals surface area contributed by atoms with Gasteiger partial charge in [-0.2, -0.15) is 5.10 Å². The van der Waals surface area contributed by atoms with Crippen LogP contribution in [0.15, 0.2) is 6.07 Å². The Kier molecular flexibility index (Phi) is 4.47. The second-order valence-corrected chi connectivity index (χ2v) is 4.38. The van der Waals surface area contributed by atoms with E-state index in [2.05, 4.69) is 10.4 Å². The summed E-state index contributed by atoms with van der Waals surface area (Å²) in [6.45, 7) is 7.55. The van der Waals surface area contributed by atoms with E-state index in [4.69, 9.17) is 5.11 Å². The van der Waals surface area contributed by atoms with Crippen LogP contribution in [0.4, 0.5) is 0 Å². The van der Waals surface area contributed by atoms with Gasteiger partial charge in [0.25, 0.3) is 5.91 Å². The second kappa shape index (κ2) is 5.66. The zero-order valence-corrected chi connectivity index (χ0v) is 11.1. The van der Waals surface area contributed by atoms with Crippen LogP contribution >= 0.6 is 0 Å². The molecule has 0 saturated heterocycles. The van der Waals surface area contributed by atoms with E-state index in [-0.39, 0.29) is 5.91 Å². The van der Waals surface area contributed by atoms with E-state index in [1.165, 1.54) is 0 Å². The number of amides is 1. The Labute approximate surface area is 106 Å². The molecular weight excluding hydrogens is 234 g/mol. The highest BCUT2D eigenvalue weighted by Gasteiger charge is 2.23. The summed E-state index contributed by atoms with van der Waals surface area (Å²) in [7, 11) is 0. The van der Waals surface area contributed by atoms with Crippen molar-refractivity contribution in [1.82, 2.24) is 15.1 Å². The molecule has 0 bridgehead atoms. The van der Waals surface area contributed by atoms with Crippen molar-refractivity contribution in [2.45, 2.75) is 40.3 Å². The van der Waals surface area contributed by atoms with E-state index in [0.717, 1.165) is 5.69 Å². The average Bonchev–Trinajstić information content (AvgIpc) is 2.69. The third-order valence-corrected chi connectivity index (χ3v) is 2.93. The highest BCUT2D eigenvalue weighted by atomic mass is 16.4. The Morgan fingerprint density at radius 1 is 1.50 bits per heavy atom. The van der Waals surface area contributed by atoms with Crippen LogP contribution in [-0.2, 0) is 11.3 Å². The summed E-state index contributed by atoms with van der Waals surface area (Å²) in [5.41, 5.74) is 1.22. The van der Waals surface area contributed by atoms with Crippen molar-refractivity contribution in [3.63, 3.8) is 0 Å². The molecule has 2 unspecified atom stereocenters. The lowest BCUT2D eigenvalue weighted by Gasteiger charge is -2.17. The van der Waals surface area contributed by atoms with E-state index < -0.39 is 17.9 Å². The largest absolute Gasteiger partial charge is 0.481 e. The molecular formula is C12H19N3O3. The fourth-order valence-corrected chi connectivity index (χ4v) is 1.59. The first-order valence-electron chi connectivity index (χ1n) is 5.95. The molecule has 1 aromatic rings. The summed E-state index contributed by atoms with van der Waals surface area (Å²) >= 11 is 0. The normalized spacial score (nSPS) is 14.0. The monoisotopic (exact) mass is 253 g/mol. The molecule has 2 atom stereocenters. The van der Waals surface area contributed by atoms with E-state index in [1.807, 2.05) is 13.8 Å². The summed E-state index contributed by atoms with van der Waals surface area (Å²) < 4.78 is 1.60. The maximum atomic E-state index is 12.0. The number of aliphatic carboxylic acids is 1. The Morgan fingerprint density at radius 3 is 2.61 bits per heavy atom. The minimum Gasteiger partial charge on any atom is -0.481 e. The Balaban J connectivity index is 2.79.